The van der Waals surface area contributed by atoms with Crippen LogP contribution in [0.3, 0.4) is 0 Å². The molecule has 0 radical (unpaired) electrons. The predicted molar refractivity (Wildman–Crippen MR) is 73.2 cm³/mol. The van der Waals surface area contributed by atoms with Crippen molar-refractivity contribution in [3.63, 3.8) is 0 Å². The summed E-state index contributed by atoms with van der Waals surface area (Å²) >= 11 is 1.15. The zero-order chi connectivity index (χ0) is 15.0. The molecular formula is C14H7F3N2OS. The van der Waals surface area contributed by atoms with Gasteiger partial charge in [0, 0.05) is 17.3 Å². The minimum atomic E-state index is -4.40. The van der Waals surface area contributed by atoms with E-state index in [1.165, 1.54) is 18.3 Å². The second kappa shape index (κ2) is 4.92. The van der Waals surface area contributed by atoms with Gasteiger partial charge in [0.1, 0.15) is 15.4 Å². The number of hydrogen-bond acceptors (Lipinski definition) is 4. The van der Waals surface area contributed by atoms with Crippen LogP contribution in [0.5, 0.6) is 0 Å². The van der Waals surface area contributed by atoms with Gasteiger partial charge in [-0.1, -0.05) is 23.5 Å². The van der Waals surface area contributed by atoms with Gasteiger partial charge in [-0.05, 0) is 18.2 Å². The van der Waals surface area contributed by atoms with Crippen molar-refractivity contribution in [2.75, 3.05) is 0 Å². The van der Waals surface area contributed by atoms with Crippen molar-refractivity contribution < 1.29 is 18.0 Å². The van der Waals surface area contributed by atoms with Crippen LogP contribution in [0.1, 0.15) is 15.9 Å². The van der Waals surface area contributed by atoms with Gasteiger partial charge in [0.2, 0.25) is 0 Å². The molecule has 106 valence electrons. The Kier molecular flexibility index (Phi) is 3.21. The zero-order valence-corrected chi connectivity index (χ0v) is 11.2. The lowest BCUT2D eigenvalue weighted by Crippen LogP contribution is -2.04. The van der Waals surface area contributed by atoms with Crippen molar-refractivity contribution in [3.8, 4) is 10.6 Å². The van der Waals surface area contributed by atoms with E-state index in [9.17, 15) is 18.0 Å². The molecule has 1 aromatic carbocycles. The number of halogens is 3. The lowest BCUT2D eigenvalue weighted by Gasteiger charge is -2.07. The summed E-state index contributed by atoms with van der Waals surface area (Å²) in [5.74, 6) is 0. The highest BCUT2D eigenvalue weighted by Crippen LogP contribution is 2.34. The number of carbonyl (C=O) groups is 1. The minimum Gasteiger partial charge on any atom is -0.298 e. The molecule has 0 unspecified atom stereocenters. The van der Waals surface area contributed by atoms with E-state index in [0.29, 0.717) is 32.8 Å². The lowest BCUT2D eigenvalue weighted by atomic mass is 10.1. The van der Waals surface area contributed by atoms with E-state index >= 15 is 0 Å². The number of alkyl halides is 3. The van der Waals surface area contributed by atoms with Crippen molar-refractivity contribution in [2.24, 2.45) is 0 Å². The monoisotopic (exact) mass is 308 g/mol. The molecule has 0 aliphatic heterocycles. The molecule has 3 aromatic rings. The van der Waals surface area contributed by atoms with E-state index in [1.54, 1.807) is 6.07 Å². The molecule has 0 atom stereocenters. The topological polar surface area (TPSA) is 42.9 Å². The summed E-state index contributed by atoms with van der Waals surface area (Å²) < 4.78 is 38.2. The number of fused-ring (bicyclic) bond motifs is 1. The number of carbonyl (C=O) groups excluding carboxylic acids is 1. The fourth-order valence-electron chi connectivity index (χ4n) is 1.90. The van der Waals surface area contributed by atoms with Gasteiger partial charge in [-0.2, -0.15) is 13.2 Å². The molecule has 2 aromatic heterocycles. The summed E-state index contributed by atoms with van der Waals surface area (Å²) in [6.45, 7) is 0. The lowest BCUT2D eigenvalue weighted by molar-refractivity contribution is -0.137. The van der Waals surface area contributed by atoms with E-state index in [-0.39, 0.29) is 0 Å². The smallest absolute Gasteiger partial charge is 0.298 e. The molecule has 21 heavy (non-hydrogen) atoms. The average molecular weight is 308 g/mol. The molecule has 0 amide bonds. The van der Waals surface area contributed by atoms with Crippen LogP contribution in [0.25, 0.3) is 20.9 Å². The molecule has 0 saturated carbocycles. The first-order chi connectivity index (χ1) is 9.99. The summed E-state index contributed by atoms with van der Waals surface area (Å²) in [5.41, 5.74) is 0.395. The second-order valence-electron chi connectivity index (χ2n) is 4.27. The highest BCUT2D eigenvalue weighted by atomic mass is 32.1. The molecule has 0 fully saturated rings. The van der Waals surface area contributed by atoms with Crippen LogP contribution in [0.2, 0.25) is 0 Å². The molecule has 0 N–H and O–H groups in total. The maximum absolute atomic E-state index is 12.7. The molecular weight excluding hydrogens is 301 g/mol. The van der Waals surface area contributed by atoms with Crippen LogP contribution in [0.4, 0.5) is 13.2 Å². The summed E-state index contributed by atoms with van der Waals surface area (Å²) in [7, 11) is 0. The first-order valence-corrected chi connectivity index (χ1v) is 6.69. The Morgan fingerprint density at radius 3 is 2.71 bits per heavy atom. The Bertz CT molecular complexity index is 826. The van der Waals surface area contributed by atoms with Crippen molar-refractivity contribution in [2.45, 2.75) is 6.18 Å². The van der Waals surface area contributed by atoms with Gasteiger partial charge in [0.25, 0.3) is 0 Å². The summed E-state index contributed by atoms with van der Waals surface area (Å²) in [4.78, 5) is 19.8. The molecule has 0 spiro atoms. The average Bonchev–Trinajstić information content (AvgIpc) is 2.90. The summed E-state index contributed by atoms with van der Waals surface area (Å²) in [6.07, 6.45) is -2.28. The number of hydrogen-bond donors (Lipinski definition) is 0. The number of benzene rings is 1. The second-order valence-corrected chi connectivity index (χ2v) is 5.25. The maximum atomic E-state index is 12.7. The standard InChI is InChI=1S/C14H7F3N2OS/c15-14(16,17)10-3-1-2-8(6-10)12-19-11-9(7-20)4-5-18-13(11)21-12/h1-7H. The van der Waals surface area contributed by atoms with Gasteiger partial charge < -0.3 is 0 Å². The molecule has 2 heterocycles. The highest BCUT2D eigenvalue weighted by Gasteiger charge is 2.30. The third-order valence-corrected chi connectivity index (χ3v) is 3.90. The molecule has 0 aliphatic carbocycles. The van der Waals surface area contributed by atoms with Crippen LogP contribution in [-0.4, -0.2) is 16.3 Å². The predicted octanol–water partition coefficient (Wildman–Crippen LogP) is 4.19. The normalized spacial score (nSPS) is 11.8. The van der Waals surface area contributed by atoms with E-state index in [0.717, 1.165) is 23.5 Å². The Morgan fingerprint density at radius 1 is 1.19 bits per heavy atom. The van der Waals surface area contributed by atoms with Crippen molar-refractivity contribution >= 4 is 28.0 Å². The Labute approximate surface area is 121 Å². The zero-order valence-electron chi connectivity index (χ0n) is 10.4. The number of aromatic nitrogens is 2. The van der Waals surface area contributed by atoms with E-state index in [1.807, 2.05) is 0 Å². The molecule has 3 rings (SSSR count). The molecule has 7 heteroatoms. The van der Waals surface area contributed by atoms with Crippen LogP contribution in [0, 0.1) is 0 Å². The van der Waals surface area contributed by atoms with Gasteiger partial charge in [0.15, 0.2) is 6.29 Å². The van der Waals surface area contributed by atoms with Crippen LogP contribution in [-0.2, 0) is 6.18 Å². The van der Waals surface area contributed by atoms with E-state index < -0.39 is 11.7 Å². The van der Waals surface area contributed by atoms with Crippen LogP contribution < -0.4 is 0 Å². The van der Waals surface area contributed by atoms with Gasteiger partial charge in [0.05, 0.1) is 5.56 Å². The highest BCUT2D eigenvalue weighted by molar-refractivity contribution is 7.21. The van der Waals surface area contributed by atoms with Gasteiger partial charge in [-0.15, -0.1) is 0 Å². The fourth-order valence-corrected chi connectivity index (χ4v) is 2.84. The third kappa shape index (κ3) is 2.52. The Hall–Kier alpha value is -2.28. The molecule has 0 saturated heterocycles. The Balaban J connectivity index is 2.15. The van der Waals surface area contributed by atoms with Crippen molar-refractivity contribution in [1.29, 1.82) is 0 Å². The number of thiazole rings is 1. The van der Waals surface area contributed by atoms with Gasteiger partial charge in [-0.25, -0.2) is 9.97 Å². The van der Waals surface area contributed by atoms with Gasteiger partial charge in [-0.3, -0.25) is 4.79 Å². The first kappa shape index (κ1) is 13.7. The Morgan fingerprint density at radius 2 is 2.00 bits per heavy atom. The molecule has 0 bridgehead atoms. The minimum absolute atomic E-state index is 0.352. The number of aldehydes is 1. The van der Waals surface area contributed by atoms with Gasteiger partial charge >= 0.3 is 6.18 Å². The first-order valence-electron chi connectivity index (χ1n) is 5.87. The van der Waals surface area contributed by atoms with Crippen molar-refractivity contribution in [3.05, 3.63) is 47.7 Å². The van der Waals surface area contributed by atoms with E-state index in [2.05, 4.69) is 9.97 Å². The summed E-state index contributed by atoms with van der Waals surface area (Å²) in [6, 6.07) is 6.45. The molecule has 0 aliphatic rings. The third-order valence-electron chi connectivity index (χ3n) is 2.89. The largest absolute Gasteiger partial charge is 0.416 e. The quantitative estimate of drug-likeness (QED) is 0.667. The molecule has 3 nitrogen and oxygen atoms in total. The van der Waals surface area contributed by atoms with Crippen LogP contribution in [0.15, 0.2) is 36.5 Å². The number of nitrogens with zero attached hydrogens (tertiary/aromatic N) is 2. The SMILES string of the molecule is O=Cc1ccnc2sc(-c3cccc(C(F)(F)F)c3)nc12. The number of pyridine rings is 1. The summed E-state index contributed by atoms with van der Waals surface area (Å²) in [5, 5.41) is 0.401. The maximum Gasteiger partial charge on any atom is 0.416 e. The number of rotatable bonds is 2. The van der Waals surface area contributed by atoms with Crippen LogP contribution >= 0.6 is 11.3 Å². The van der Waals surface area contributed by atoms with Crippen molar-refractivity contribution in [1.82, 2.24) is 9.97 Å². The van der Waals surface area contributed by atoms with E-state index in [4.69, 9.17) is 0 Å². The fraction of sp³-hybridized carbons (Fsp3) is 0.0714.